The van der Waals surface area contributed by atoms with Gasteiger partial charge in [-0.25, -0.2) is 4.39 Å². The summed E-state index contributed by atoms with van der Waals surface area (Å²) < 4.78 is 18.5. The van der Waals surface area contributed by atoms with E-state index in [4.69, 9.17) is 4.74 Å². The molecule has 1 atom stereocenters. The molecule has 0 aliphatic heterocycles. The average molecular weight is 319 g/mol. The van der Waals surface area contributed by atoms with E-state index in [0.29, 0.717) is 16.9 Å². The summed E-state index contributed by atoms with van der Waals surface area (Å²) in [5, 5.41) is 20.1. The highest BCUT2D eigenvalue weighted by molar-refractivity contribution is 5.76. The number of benzene rings is 2. The minimum absolute atomic E-state index is 0.00801. The monoisotopic (exact) mass is 319 g/mol. The maximum absolute atomic E-state index is 13.4. The highest BCUT2D eigenvalue weighted by Crippen LogP contribution is 2.28. The lowest BCUT2D eigenvalue weighted by molar-refractivity contribution is -0.384. The van der Waals surface area contributed by atoms with Gasteiger partial charge in [-0.15, -0.1) is 0 Å². The van der Waals surface area contributed by atoms with Crippen molar-refractivity contribution in [1.82, 2.24) is 0 Å². The van der Waals surface area contributed by atoms with E-state index in [1.165, 1.54) is 49.6 Å². The number of carbonyl (C=O) groups is 1. The number of carboxylic acids is 1. The normalized spacial score (nSPS) is 11.7. The lowest BCUT2D eigenvalue weighted by Gasteiger charge is -2.15. The smallest absolute Gasteiger partial charge is 0.311 e. The summed E-state index contributed by atoms with van der Waals surface area (Å²) >= 11 is 0. The van der Waals surface area contributed by atoms with Gasteiger partial charge in [0.2, 0.25) is 0 Å². The van der Waals surface area contributed by atoms with E-state index < -0.39 is 22.6 Å². The number of hydrogen-bond donors (Lipinski definition) is 1. The van der Waals surface area contributed by atoms with Crippen molar-refractivity contribution in [3.05, 3.63) is 69.5 Å². The second-order valence-corrected chi connectivity index (χ2v) is 4.90. The number of ether oxygens (including phenoxy) is 1. The number of nitrogens with zero attached hydrogens (tertiary/aromatic N) is 1. The molecule has 0 heterocycles. The topological polar surface area (TPSA) is 89.7 Å². The molecule has 1 N–H and O–H groups in total. The molecule has 120 valence electrons. The van der Waals surface area contributed by atoms with E-state index in [9.17, 15) is 24.4 Å². The van der Waals surface area contributed by atoms with Gasteiger partial charge in [-0.1, -0.05) is 12.1 Å². The molecule has 0 bridgehead atoms. The molecule has 0 amide bonds. The van der Waals surface area contributed by atoms with Gasteiger partial charge in [0.1, 0.15) is 11.6 Å². The molecule has 0 aliphatic rings. The fraction of sp³-hybridized carbons (Fsp3) is 0.188. The fourth-order valence-corrected chi connectivity index (χ4v) is 2.30. The van der Waals surface area contributed by atoms with Crippen LogP contribution in [0.1, 0.15) is 17.0 Å². The highest BCUT2D eigenvalue weighted by atomic mass is 19.1. The Morgan fingerprint density at radius 3 is 2.48 bits per heavy atom. The summed E-state index contributed by atoms with van der Waals surface area (Å²) in [6, 6.07) is 9.15. The van der Waals surface area contributed by atoms with Gasteiger partial charge in [-0.05, 0) is 35.7 Å². The van der Waals surface area contributed by atoms with E-state index >= 15 is 0 Å². The maximum atomic E-state index is 13.4. The van der Waals surface area contributed by atoms with Crippen molar-refractivity contribution in [2.75, 3.05) is 7.11 Å². The zero-order valence-corrected chi connectivity index (χ0v) is 12.2. The zero-order valence-electron chi connectivity index (χ0n) is 12.2. The molecule has 0 aromatic heterocycles. The Labute approximate surface area is 131 Å². The van der Waals surface area contributed by atoms with Gasteiger partial charge >= 0.3 is 5.97 Å². The molecule has 6 nitrogen and oxygen atoms in total. The van der Waals surface area contributed by atoms with Crippen LogP contribution in [0.3, 0.4) is 0 Å². The number of nitro benzene ring substituents is 1. The van der Waals surface area contributed by atoms with E-state index in [-0.39, 0.29) is 12.1 Å². The first kappa shape index (κ1) is 16.4. The van der Waals surface area contributed by atoms with Crippen molar-refractivity contribution < 1.29 is 24.0 Å². The van der Waals surface area contributed by atoms with Gasteiger partial charge in [0.15, 0.2) is 0 Å². The van der Waals surface area contributed by atoms with Gasteiger partial charge in [-0.3, -0.25) is 14.9 Å². The third kappa shape index (κ3) is 3.82. The summed E-state index contributed by atoms with van der Waals surface area (Å²) in [5.41, 5.74) is 0.689. The van der Waals surface area contributed by atoms with Crippen molar-refractivity contribution in [2.24, 2.45) is 0 Å². The Kier molecular flexibility index (Phi) is 4.90. The Morgan fingerprint density at radius 2 is 1.96 bits per heavy atom. The molecule has 0 fully saturated rings. The first-order valence-corrected chi connectivity index (χ1v) is 6.72. The van der Waals surface area contributed by atoms with Crippen LogP contribution in [0, 0.1) is 15.9 Å². The molecule has 0 saturated carbocycles. The Morgan fingerprint density at radius 1 is 1.30 bits per heavy atom. The van der Waals surface area contributed by atoms with E-state index in [2.05, 4.69) is 0 Å². The molecular formula is C16H14FNO5. The Hall–Kier alpha value is -2.96. The van der Waals surface area contributed by atoms with E-state index in [1.54, 1.807) is 0 Å². The van der Waals surface area contributed by atoms with Crippen LogP contribution in [0.15, 0.2) is 42.5 Å². The van der Waals surface area contributed by atoms with Crippen LogP contribution >= 0.6 is 0 Å². The third-order valence-electron chi connectivity index (χ3n) is 3.47. The van der Waals surface area contributed by atoms with Gasteiger partial charge in [0.05, 0.1) is 18.0 Å². The number of carboxylic acid groups (broad SMARTS) is 1. The average Bonchev–Trinajstić information content (AvgIpc) is 2.52. The number of aliphatic carboxylic acids is 1. The van der Waals surface area contributed by atoms with Crippen molar-refractivity contribution in [3.63, 3.8) is 0 Å². The Balaban J connectivity index is 2.34. The molecular weight excluding hydrogens is 305 g/mol. The molecule has 0 spiro atoms. The van der Waals surface area contributed by atoms with E-state index in [1.807, 2.05) is 0 Å². The van der Waals surface area contributed by atoms with Crippen molar-refractivity contribution in [2.45, 2.75) is 12.3 Å². The molecule has 2 rings (SSSR count). The molecule has 1 unspecified atom stereocenters. The lowest BCUT2D eigenvalue weighted by atomic mass is 9.91. The number of nitro groups is 1. The second-order valence-electron chi connectivity index (χ2n) is 4.90. The van der Waals surface area contributed by atoms with E-state index in [0.717, 1.165) is 0 Å². The van der Waals surface area contributed by atoms with Gasteiger partial charge in [0.25, 0.3) is 5.69 Å². The number of halogens is 1. The largest absolute Gasteiger partial charge is 0.496 e. The molecule has 7 heteroatoms. The first-order valence-electron chi connectivity index (χ1n) is 6.72. The number of non-ortho nitro benzene ring substituents is 1. The summed E-state index contributed by atoms with van der Waals surface area (Å²) in [6.45, 7) is 0. The standard InChI is InChI=1S/C16H14FNO5/c1-23-15-7-4-12(17)8-11(15)9-14(16(19)20)10-2-5-13(6-3-10)18(21)22/h2-8,14H,9H2,1H3,(H,19,20). The molecule has 0 radical (unpaired) electrons. The minimum atomic E-state index is -1.11. The fourth-order valence-electron chi connectivity index (χ4n) is 2.30. The number of hydrogen-bond acceptors (Lipinski definition) is 4. The summed E-state index contributed by atoms with van der Waals surface area (Å²) in [6.07, 6.45) is 0.00801. The molecule has 23 heavy (non-hydrogen) atoms. The van der Waals surface area contributed by atoms with Crippen LogP contribution in [0.25, 0.3) is 0 Å². The summed E-state index contributed by atoms with van der Waals surface area (Å²) in [5.74, 6) is -2.18. The molecule has 2 aromatic rings. The summed E-state index contributed by atoms with van der Waals surface area (Å²) in [7, 11) is 1.42. The predicted molar refractivity (Wildman–Crippen MR) is 80.1 cm³/mol. The number of rotatable bonds is 6. The van der Waals surface area contributed by atoms with Crippen molar-refractivity contribution in [3.8, 4) is 5.75 Å². The van der Waals surface area contributed by atoms with Crippen molar-refractivity contribution in [1.29, 1.82) is 0 Å². The summed E-state index contributed by atoms with van der Waals surface area (Å²) in [4.78, 5) is 21.6. The van der Waals surface area contributed by atoms with Crippen molar-refractivity contribution >= 4 is 11.7 Å². The number of methoxy groups -OCH3 is 1. The lowest BCUT2D eigenvalue weighted by Crippen LogP contribution is -2.15. The van der Waals surface area contributed by atoms with Crippen LogP contribution in [-0.4, -0.2) is 23.1 Å². The molecule has 2 aromatic carbocycles. The highest BCUT2D eigenvalue weighted by Gasteiger charge is 2.23. The third-order valence-corrected chi connectivity index (χ3v) is 3.47. The van der Waals surface area contributed by atoms with Gasteiger partial charge < -0.3 is 9.84 Å². The zero-order chi connectivity index (χ0) is 17.0. The van der Waals surface area contributed by atoms with Gasteiger partial charge in [0, 0.05) is 12.1 Å². The van der Waals surface area contributed by atoms with Crippen LogP contribution in [-0.2, 0) is 11.2 Å². The molecule has 0 aliphatic carbocycles. The molecule has 0 saturated heterocycles. The predicted octanol–water partition coefficient (Wildman–Crippen LogP) is 3.15. The quantitative estimate of drug-likeness (QED) is 0.652. The van der Waals surface area contributed by atoms with Crippen LogP contribution < -0.4 is 4.74 Å². The van der Waals surface area contributed by atoms with Crippen LogP contribution in [0.5, 0.6) is 5.75 Å². The minimum Gasteiger partial charge on any atom is -0.496 e. The SMILES string of the molecule is COc1ccc(F)cc1CC(C(=O)O)c1ccc([N+](=O)[O-])cc1. The Bertz CT molecular complexity index is 730. The van der Waals surface area contributed by atoms with Crippen LogP contribution in [0.2, 0.25) is 0 Å². The maximum Gasteiger partial charge on any atom is 0.311 e. The first-order chi connectivity index (χ1) is 10.9. The van der Waals surface area contributed by atoms with Crippen LogP contribution in [0.4, 0.5) is 10.1 Å². The van der Waals surface area contributed by atoms with Gasteiger partial charge in [-0.2, -0.15) is 0 Å². The second kappa shape index (κ2) is 6.87.